The SMILES string of the molecule is C#Cc1ccc(C(C(=O)NC(C)CCC)N(C(=O)C(CCSC)NC(=O)OC(C)(C)C)C(C)(C)CC)cc1. The Kier molecular flexibility index (Phi) is 13.2. The van der Waals surface area contributed by atoms with Crippen molar-refractivity contribution in [2.45, 2.75) is 110 Å². The number of carbonyl (C=O) groups excluding carboxylic acids is 3. The Labute approximate surface area is 234 Å². The highest BCUT2D eigenvalue weighted by Gasteiger charge is 2.43. The number of terminal acetylenes is 1. The highest BCUT2D eigenvalue weighted by Crippen LogP contribution is 2.33. The van der Waals surface area contributed by atoms with E-state index in [0.29, 0.717) is 29.7 Å². The van der Waals surface area contributed by atoms with Crippen molar-refractivity contribution >= 4 is 29.7 Å². The average Bonchev–Trinajstić information content (AvgIpc) is 2.83. The van der Waals surface area contributed by atoms with Gasteiger partial charge in [0.2, 0.25) is 11.8 Å². The van der Waals surface area contributed by atoms with Gasteiger partial charge in [-0.25, -0.2) is 4.79 Å². The molecule has 8 heteroatoms. The minimum Gasteiger partial charge on any atom is -0.444 e. The van der Waals surface area contributed by atoms with Gasteiger partial charge in [0.1, 0.15) is 17.7 Å². The van der Waals surface area contributed by atoms with Gasteiger partial charge in [-0.05, 0) is 90.5 Å². The standard InChI is InChI=1S/C30H47N3O4S/c1-11-14-21(4)31-26(34)25(23-17-15-22(12-2)16-18-23)33(30(8,9)13-3)27(35)24(19-20-38-10)32-28(36)37-29(5,6)7/h2,15-18,21,24-25H,11,13-14,19-20H2,1,3-10H3,(H,31,34)(H,32,36). The first kappa shape index (κ1) is 33.4. The second kappa shape index (κ2) is 15.1. The second-order valence-electron chi connectivity index (χ2n) is 11.2. The Morgan fingerprint density at radius 2 is 1.66 bits per heavy atom. The van der Waals surface area contributed by atoms with E-state index in [0.717, 1.165) is 12.8 Å². The molecule has 212 valence electrons. The molecular weight excluding hydrogens is 498 g/mol. The molecule has 0 saturated carbocycles. The molecule has 0 fully saturated rings. The number of nitrogens with one attached hydrogen (secondary N) is 2. The first-order valence-electron chi connectivity index (χ1n) is 13.4. The van der Waals surface area contributed by atoms with E-state index in [2.05, 4.69) is 23.5 Å². The number of carbonyl (C=O) groups is 3. The zero-order chi connectivity index (χ0) is 29.1. The van der Waals surface area contributed by atoms with Crippen molar-refractivity contribution in [2.24, 2.45) is 0 Å². The summed E-state index contributed by atoms with van der Waals surface area (Å²) in [5.74, 6) is 2.65. The third-order valence-electron chi connectivity index (χ3n) is 6.36. The zero-order valence-corrected chi connectivity index (χ0v) is 25.5. The zero-order valence-electron chi connectivity index (χ0n) is 24.6. The van der Waals surface area contributed by atoms with Gasteiger partial charge in [0.25, 0.3) is 0 Å². The third-order valence-corrected chi connectivity index (χ3v) is 7.01. The number of amides is 3. The molecule has 0 aliphatic rings. The van der Waals surface area contributed by atoms with Crippen molar-refractivity contribution in [3.63, 3.8) is 0 Å². The van der Waals surface area contributed by atoms with E-state index in [1.807, 2.05) is 34.0 Å². The van der Waals surface area contributed by atoms with Crippen LogP contribution in [0.2, 0.25) is 0 Å². The molecule has 3 unspecified atom stereocenters. The maximum atomic E-state index is 14.3. The number of alkyl carbamates (subject to hydrolysis) is 1. The molecule has 0 heterocycles. The molecule has 0 radical (unpaired) electrons. The summed E-state index contributed by atoms with van der Waals surface area (Å²) in [6.07, 6.45) is 9.57. The summed E-state index contributed by atoms with van der Waals surface area (Å²) in [5.41, 5.74) is -0.0772. The normalized spacial score (nSPS) is 14.0. The predicted octanol–water partition coefficient (Wildman–Crippen LogP) is 5.68. The fourth-order valence-corrected chi connectivity index (χ4v) is 4.53. The summed E-state index contributed by atoms with van der Waals surface area (Å²) >= 11 is 1.58. The Bertz CT molecular complexity index is 963. The number of nitrogens with zero attached hydrogens (tertiary/aromatic N) is 1. The molecule has 0 spiro atoms. The third kappa shape index (κ3) is 10.2. The summed E-state index contributed by atoms with van der Waals surface area (Å²) in [5, 5.41) is 5.89. The van der Waals surface area contributed by atoms with Crippen molar-refractivity contribution < 1.29 is 19.1 Å². The first-order valence-corrected chi connectivity index (χ1v) is 14.8. The quantitative estimate of drug-likeness (QED) is 0.312. The summed E-state index contributed by atoms with van der Waals surface area (Å²) in [4.78, 5) is 42.6. The van der Waals surface area contributed by atoms with E-state index in [-0.39, 0.29) is 17.9 Å². The second-order valence-corrected chi connectivity index (χ2v) is 12.2. The molecule has 0 aliphatic heterocycles. The summed E-state index contributed by atoms with van der Waals surface area (Å²) in [6.45, 7) is 15.2. The van der Waals surface area contributed by atoms with E-state index < -0.39 is 29.3 Å². The molecule has 0 saturated heterocycles. The van der Waals surface area contributed by atoms with Crippen LogP contribution in [-0.4, -0.2) is 58.0 Å². The Balaban J connectivity index is 3.64. The van der Waals surface area contributed by atoms with Crippen LogP contribution >= 0.6 is 11.8 Å². The minimum absolute atomic E-state index is 0.0613. The van der Waals surface area contributed by atoms with Crippen molar-refractivity contribution in [2.75, 3.05) is 12.0 Å². The van der Waals surface area contributed by atoms with E-state index in [4.69, 9.17) is 11.2 Å². The Morgan fingerprint density at radius 1 is 1.05 bits per heavy atom. The molecule has 7 nitrogen and oxygen atoms in total. The van der Waals surface area contributed by atoms with Gasteiger partial charge in [0, 0.05) is 17.1 Å². The van der Waals surface area contributed by atoms with Crippen LogP contribution in [0.5, 0.6) is 0 Å². The summed E-state index contributed by atoms with van der Waals surface area (Å²) < 4.78 is 5.46. The van der Waals surface area contributed by atoms with Crippen LogP contribution in [-0.2, 0) is 14.3 Å². The lowest BCUT2D eigenvalue weighted by Crippen LogP contribution is -2.59. The van der Waals surface area contributed by atoms with E-state index in [9.17, 15) is 14.4 Å². The summed E-state index contributed by atoms with van der Waals surface area (Å²) in [6, 6.07) is 5.31. The maximum absolute atomic E-state index is 14.3. The smallest absolute Gasteiger partial charge is 0.408 e. The molecule has 1 aromatic rings. The van der Waals surface area contributed by atoms with Crippen LogP contribution < -0.4 is 10.6 Å². The Morgan fingerprint density at radius 3 is 2.13 bits per heavy atom. The van der Waals surface area contributed by atoms with Crippen LogP contribution in [0.4, 0.5) is 4.79 Å². The van der Waals surface area contributed by atoms with Crippen molar-refractivity contribution in [3.8, 4) is 12.3 Å². The number of hydrogen-bond donors (Lipinski definition) is 2. The highest BCUT2D eigenvalue weighted by atomic mass is 32.2. The van der Waals surface area contributed by atoms with Crippen molar-refractivity contribution in [3.05, 3.63) is 35.4 Å². The number of thioether (sulfide) groups is 1. The highest BCUT2D eigenvalue weighted by molar-refractivity contribution is 7.98. The molecule has 3 atom stereocenters. The van der Waals surface area contributed by atoms with Crippen LogP contribution in [0.15, 0.2) is 24.3 Å². The largest absolute Gasteiger partial charge is 0.444 e. The van der Waals surface area contributed by atoms with Crippen LogP contribution in [0.25, 0.3) is 0 Å². The minimum atomic E-state index is -0.916. The van der Waals surface area contributed by atoms with Gasteiger partial charge in [-0.15, -0.1) is 6.42 Å². The maximum Gasteiger partial charge on any atom is 0.408 e. The van der Waals surface area contributed by atoms with Gasteiger partial charge >= 0.3 is 6.09 Å². The van der Waals surface area contributed by atoms with Gasteiger partial charge < -0.3 is 20.3 Å². The van der Waals surface area contributed by atoms with Gasteiger partial charge in [-0.2, -0.15) is 11.8 Å². The fourth-order valence-electron chi connectivity index (χ4n) is 4.06. The molecule has 38 heavy (non-hydrogen) atoms. The molecule has 0 aromatic heterocycles. The first-order chi connectivity index (χ1) is 17.7. The summed E-state index contributed by atoms with van der Waals surface area (Å²) in [7, 11) is 0. The predicted molar refractivity (Wildman–Crippen MR) is 157 cm³/mol. The number of ether oxygens (including phenoxy) is 1. The molecule has 2 N–H and O–H groups in total. The molecular formula is C30H47N3O4S. The number of hydrogen-bond acceptors (Lipinski definition) is 5. The van der Waals surface area contributed by atoms with Crippen molar-refractivity contribution in [1.82, 2.24) is 15.5 Å². The van der Waals surface area contributed by atoms with E-state index in [1.165, 1.54) is 0 Å². The monoisotopic (exact) mass is 545 g/mol. The lowest BCUT2D eigenvalue weighted by Gasteiger charge is -2.45. The van der Waals surface area contributed by atoms with Crippen molar-refractivity contribution in [1.29, 1.82) is 0 Å². The van der Waals surface area contributed by atoms with Crippen LogP contribution in [0.3, 0.4) is 0 Å². The fraction of sp³-hybridized carbons (Fsp3) is 0.633. The van der Waals surface area contributed by atoms with E-state index >= 15 is 0 Å². The number of rotatable bonds is 13. The van der Waals surface area contributed by atoms with Gasteiger partial charge in [-0.1, -0.05) is 38.3 Å². The Hall–Kier alpha value is -2.66. The average molecular weight is 546 g/mol. The lowest BCUT2D eigenvalue weighted by atomic mass is 9.91. The van der Waals surface area contributed by atoms with Crippen LogP contribution in [0, 0.1) is 12.3 Å². The topological polar surface area (TPSA) is 87.7 Å². The molecule has 3 amide bonds. The molecule has 0 aliphatic carbocycles. The van der Waals surface area contributed by atoms with E-state index in [1.54, 1.807) is 61.7 Å². The molecule has 1 aromatic carbocycles. The lowest BCUT2D eigenvalue weighted by molar-refractivity contribution is -0.149. The number of benzene rings is 1. The van der Waals surface area contributed by atoms with Gasteiger partial charge in [-0.3, -0.25) is 9.59 Å². The van der Waals surface area contributed by atoms with Gasteiger partial charge in [0.05, 0.1) is 0 Å². The van der Waals surface area contributed by atoms with Crippen LogP contribution in [0.1, 0.15) is 98.2 Å². The molecule has 1 rings (SSSR count). The van der Waals surface area contributed by atoms with Gasteiger partial charge in [0.15, 0.2) is 0 Å². The molecule has 0 bridgehead atoms.